The van der Waals surface area contributed by atoms with Gasteiger partial charge < -0.3 is 5.73 Å². The monoisotopic (exact) mass is 248 g/mol. The molecule has 5 atom stereocenters. The van der Waals surface area contributed by atoms with Crippen molar-refractivity contribution in [3.8, 4) is 0 Å². The molecule has 3 aliphatic rings. The Kier molecular flexibility index (Phi) is 2.59. The second kappa shape index (κ2) is 3.92. The molecule has 2 amide bonds. The van der Waals surface area contributed by atoms with E-state index in [0.717, 1.165) is 6.42 Å². The van der Waals surface area contributed by atoms with Crippen molar-refractivity contribution in [1.29, 1.82) is 0 Å². The van der Waals surface area contributed by atoms with E-state index in [9.17, 15) is 9.59 Å². The first-order chi connectivity index (χ1) is 8.56. The SMILES string of the molecule is CC(C)C(CN)N1C(=O)C2C3C=CC(C3)C2C1=O. The van der Waals surface area contributed by atoms with Crippen LogP contribution in [0.5, 0.6) is 0 Å². The Balaban J connectivity index is 1.92. The molecule has 1 heterocycles. The molecule has 1 saturated heterocycles. The van der Waals surface area contributed by atoms with Crippen LogP contribution in [0.15, 0.2) is 12.2 Å². The van der Waals surface area contributed by atoms with E-state index < -0.39 is 0 Å². The minimum Gasteiger partial charge on any atom is -0.328 e. The number of carbonyl (C=O) groups excluding carboxylic acids is 2. The number of nitrogens with two attached hydrogens (primary N) is 1. The predicted molar refractivity (Wildman–Crippen MR) is 67.3 cm³/mol. The molecule has 1 aliphatic heterocycles. The molecule has 4 heteroatoms. The van der Waals surface area contributed by atoms with Crippen LogP contribution in [-0.2, 0) is 9.59 Å². The van der Waals surface area contributed by atoms with Gasteiger partial charge in [-0.05, 0) is 24.2 Å². The van der Waals surface area contributed by atoms with E-state index in [4.69, 9.17) is 5.73 Å². The molecule has 2 bridgehead atoms. The Bertz CT molecular complexity index is 400. The summed E-state index contributed by atoms with van der Waals surface area (Å²) in [5, 5.41) is 0. The van der Waals surface area contributed by atoms with Gasteiger partial charge in [-0.15, -0.1) is 0 Å². The van der Waals surface area contributed by atoms with Gasteiger partial charge in [-0.25, -0.2) is 0 Å². The Morgan fingerprint density at radius 2 is 1.72 bits per heavy atom. The van der Waals surface area contributed by atoms with Crippen LogP contribution in [0.1, 0.15) is 20.3 Å². The van der Waals surface area contributed by atoms with E-state index in [2.05, 4.69) is 12.2 Å². The topological polar surface area (TPSA) is 63.4 Å². The molecule has 2 N–H and O–H groups in total. The Morgan fingerprint density at radius 1 is 1.22 bits per heavy atom. The summed E-state index contributed by atoms with van der Waals surface area (Å²) < 4.78 is 0. The summed E-state index contributed by atoms with van der Waals surface area (Å²) in [6.07, 6.45) is 5.22. The van der Waals surface area contributed by atoms with Gasteiger partial charge in [0.2, 0.25) is 11.8 Å². The largest absolute Gasteiger partial charge is 0.328 e. The van der Waals surface area contributed by atoms with Crippen molar-refractivity contribution in [1.82, 2.24) is 4.90 Å². The molecule has 0 radical (unpaired) electrons. The molecule has 3 rings (SSSR count). The average Bonchev–Trinajstić information content (AvgIpc) is 2.98. The molecule has 0 aromatic carbocycles. The van der Waals surface area contributed by atoms with E-state index in [1.54, 1.807) is 0 Å². The van der Waals surface area contributed by atoms with Gasteiger partial charge in [0, 0.05) is 6.54 Å². The van der Waals surface area contributed by atoms with Crippen LogP contribution in [0.2, 0.25) is 0 Å². The number of hydrogen-bond acceptors (Lipinski definition) is 3. The third-order valence-corrected chi connectivity index (χ3v) is 4.85. The smallest absolute Gasteiger partial charge is 0.234 e. The van der Waals surface area contributed by atoms with Gasteiger partial charge in [-0.3, -0.25) is 14.5 Å². The number of allylic oxidation sites excluding steroid dienone is 2. The molecule has 2 aliphatic carbocycles. The van der Waals surface area contributed by atoms with Gasteiger partial charge in [-0.2, -0.15) is 0 Å². The van der Waals surface area contributed by atoms with Gasteiger partial charge in [-0.1, -0.05) is 26.0 Å². The molecule has 18 heavy (non-hydrogen) atoms. The van der Waals surface area contributed by atoms with Crippen LogP contribution in [0.4, 0.5) is 0 Å². The number of rotatable bonds is 3. The first kappa shape index (κ1) is 11.9. The number of likely N-dealkylation sites (tertiary alicyclic amines) is 1. The van der Waals surface area contributed by atoms with Crippen LogP contribution >= 0.6 is 0 Å². The maximum absolute atomic E-state index is 12.5. The lowest BCUT2D eigenvalue weighted by molar-refractivity contribution is -0.144. The van der Waals surface area contributed by atoms with Gasteiger partial charge in [0.25, 0.3) is 0 Å². The van der Waals surface area contributed by atoms with E-state index in [-0.39, 0.29) is 47.4 Å². The first-order valence-electron chi connectivity index (χ1n) is 6.81. The van der Waals surface area contributed by atoms with Crippen molar-refractivity contribution >= 4 is 11.8 Å². The van der Waals surface area contributed by atoms with Crippen LogP contribution in [0, 0.1) is 29.6 Å². The van der Waals surface area contributed by atoms with Gasteiger partial charge in [0.15, 0.2) is 0 Å². The highest BCUT2D eigenvalue weighted by Gasteiger charge is 2.60. The van der Waals surface area contributed by atoms with E-state index in [1.807, 2.05) is 13.8 Å². The minimum atomic E-state index is -0.144. The maximum atomic E-state index is 12.5. The third kappa shape index (κ3) is 1.35. The van der Waals surface area contributed by atoms with E-state index in [1.165, 1.54) is 4.90 Å². The summed E-state index contributed by atoms with van der Waals surface area (Å²) in [4.78, 5) is 26.5. The van der Waals surface area contributed by atoms with Crippen LogP contribution in [0.3, 0.4) is 0 Å². The lowest BCUT2D eigenvalue weighted by Crippen LogP contribution is -2.48. The number of amides is 2. The molecule has 0 aromatic rings. The summed E-state index contributed by atoms with van der Waals surface area (Å²) in [5.41, 5.74) is 5.75. The predicted octanol–water partition coefficient (Wildman–Crippen LogP) is 0.777. The van der Waals surface area contributed by atoms with Crippen LogP contribution in [-0.4, -0.2) is 29.3 Å². The molecule has 4 nitrogen and oxygen atoms in total. The average molecular weight is 248 g/mol. The molecule has 98 valence electrons. The summed E-state index contributed by atoms with van der Waals surface area (Å²) in [6, 6.07) is -0.144. The quantitative estimate of drug-likeness (QED) is 0.593. The van der Waals surface area contributed by atoms with Crippen molar-refractivity contribution in [2.24, 2.45) is 35.3 Å². The summed E-state index contributed by atoms with van der Waals surface area (Å²) in [5.74, 6) is 0.629. The van der Waals surface area contributed by atoms with Gasteiger partial charge >= 0.3 is 0 Å². The standard InChI is InChI=1S/C14H20N2O2/c1-7(2)10(6-15)16-13(17)11-8-3-4-9(5-8)12(11)14(16)18/h3-4,7-12H,5-6,15H2,1-2H3. The molecule has 2 fully saturated rings. The molecule has 0 spiro atoms. The first-order valence-corrected chi connectivity index (χ1v) is 6.81. The second-order valence-electron chi connectivity index (χ2n) is 6.09. The maximum Gasteiger partial charge on any atom is 0.234 e. The van der Waals surface area contributed by atoms with Crippen LogP contribution in [0.25, 0.3) is 0 Å². The Hall–Kier alpha value is -1.16. The van der Waals surface area contributed by atoms with E-state index in [0.29, 0.717) is 6.54 Å². The van der Waals surface area contributed by atoms with Crippen LogP contribution < -0.4 is 5.73 Å². The van der Waals surface area contributed by atoms with Gasteiger partial charge in [0.1, 0.15) is 0 Å². The highest BCUT2D eigenvalue weighted by molar-refractivity contribution is 6.06. The molecule has 0 aromatic heterocycles. The van der Waals surface area contributed by atoms with Crippen molar-refractivity contribution in [2.75, 3.05) is 6.54 Å². The minimum absolute atomic E-state index is 0.0194. The molecule has 5 unspecified atom stereocenters. The zero-order valence-electron chi connectivity index (χ0n) is 10.9. The lowest BCUT2D eigenvalue weighted by Gasteiger charge is -2.29. The van der Waals surface area contributed by atoms with E-state index >= 15 is 0 Å². The number of imide groups is 1. The number of carbonyl (C=O) groups is 2. The van der Waals surface area contributed by atoms with Crippen molar-refractivity contribution in [3.63, 3.8) is 0 Å². The number of fused-ring (bicyclic) bond motifs is 5. The zero-order valence-corrected chi connectivity index (χ0v) is 10.9. The highest BCUT2D eigenvalue weighted by Crippen LogP contribution is 2.53. The zero-order chi connectivity index (χ0) is 13.0. The molecule has 1 saturated carbocycles. The fourth-order valence-corrected chi connectivity index (χ4v) is 3.93. The number of hydrogen-bond donors (Lipinski definition) is 1. The van der Waals surface area contributed by atoms with Gasteiger partial charge in [0.05, 0.1) is 17.9 Å². The highest BCUT2D eigenvalue weighted by atomic mass is 16.2. The third-order valence-electron chi connectivity index (χ3n) is 4.85. The normalized spacial score (nSPS) is 39.0. The summed E-state index contributed by atoms with van der Waals surface area (Å²) in [6.45, 7) is 4.38. The summed E-state index contributed by atoms with van der Waals surface area (Å²) in [7, 11) is 0. The second-order valence-corrected chi connectivity index (χ2v) is 6.09. The Morgan fingerprint density at radius 3 is 2.11 bits per heavy atom. The molecular weight excluding hydrogens is 228 g/mol. The lowest BCUT2D eigenvalue weighted by atomic mass is 9.85. The summed E-state index contributed by atoms with van der Waals surface area (Å²) >= 11 is 0. The van der Waals surface area contributed by atoms with Crippen molar-refractivity contribution < 1.29 is 9.59 Å². The fourth-order valence-electron chi connectivity index (χ4n) is 3.93. The molecular formula is C14H20N2O2. The number of nitrogens with zero attached hydrogens (tertiary/aromatic N) is 1. The van der Waals surface area contributed by atoms with Crippen molar-refractivity contribution in [3.05, 3.63) is 12.2 Å². The fraction of sp³-hybridized carbons (Fsp3) is 0.714. The Labute approximate surface area is 107 Å². The van der Waals surface area contributed by atoms with Crippen molar-refractivity contribution in [2.45, 2.75) is 26.3 Å².